The van der Waals surface area contributed by atoms with E-state index in [0.29, 0.717) is 36.8 Å². The number of pyridine rings is 1. The number of rotatable bonds is 8. The van der Waals surface area contributed by atoms with Gasteiger partial charge in [-0.15, -0.1) is 15.3 Å². The van der Waals surface area contributed by atoms with Crippen LogP contribution in [-0.4, -0.2) is 37.5 Å². The minimum atomic E-state index is -0.0670. The van der Waals surface area contributed by atoms with E-state index in [1.54, 1.807) is 16.9 Å². The van der Waals surface area contributed by atoms with Gasteiger partial charge in [-0.2, -0.15) is 4.52 Å². The lowest BCUT2D eigenvalue weighted by molar-refractivity contribution is -0.121. The van der Waals surface area contributed by atoms with Gasteiger partial charge in [0.1, 0.15) is 5.82 Å². The van der Waals surface area contributed by atoms with E-state index in [1.165, 1.54) is 0 Å². The van der Waals surface area contributed by atoms with Crippen LogP contribution in [0.25, 0.3) is 5.65 Å². The van der Waals surface area contributed by atoms with Crippen LogP contribution in [0.4, 0.5) is 5.82 Å². The molecule has 4 aromatic rings. The van der Waals surface area contributed by atoms with E-state index in [-0.39, 0.29) is 19.1 Å². The molecule has 2 N–H and O–H groups in total. The number of benzene rings is 1. The Bertz CT molecular complexity index is 1240. The molecule has 0 fully saturated rings. The van der Waals surface area contributed by atoms with E-state index >= 15 is 0 Å². The van der Waals surface area contributed by atoms with Gasteiger partial charge < -0.3 is 20.1 Å². The van der Waals surface area contributed by atoms with Crippen molar-refractivity contribution < 1.29 is 14.3 Å². The first-order valence-corrected chi connectivity index (χ1v) is 10.2. The second-order valence-electron chi connectivity index (χ2n) is 7.28. The molecule has 0 radical (unpaired) electrons. The van der Waals surface area contributed by atoms with E-state index < -0.39 is 0 Å². The fraction of sp³-hybridized carbons (Fsp3) is 0.227. The number of aryl methyl sites for hydroxylation is 1. The molecule has 3 aromatic heterocycles. The first kappa shape index (κ1) is 19.7. The Hall–Kier alpha value is -4.21. The lowest BCUT2D eigenvalue weighted by Gasteiger charge is -2.07. The lowest BCUT2D eigenvalue weighted by atomic mass is 10.2. The molecule has 0 bridgehead atoms. The molecule has 0 saturated heterocycles. The molecule has 5 rings (SSSR count). The predicted octanol–water partition coefficient (Wildman–Crippen LogP) is 2.11. The summed E-state index contributed by atoms with van der Waals surface area (Å²) in [6, 6.07) is 13.3. The Kier molecular flexibility index (Phi) is 5.48. The van der Waals surface area contributed by atoms with Crippen molar-refractivity contribution in [3.63, 3.8) is 0 Å². The molecule has 1 aliphatic heterocycles. The van der Waals surface area contributed by atoms with Gasteiger partial charge >= 0.3 is 0 Å². The van der Waals surface area contributed by atoms with E-state index in [2.05, 4.69) is 30.9 Å². The van der Waals surface area contributed by atoms with Crippen molar-refractivity contribution in [2.45, 2.75) is 25.9 Å². The highest BCUT2D eigenvalue weighted by molar-refractivity contribution is 5.76. The average molecular weight is 431 g/mol. The summed E-state index contributed by atoms with van der Waals surface area (Å²) in [6.07, 6.45) is 4.15. The zero-order valence-corrected chi connectivity index (χ0v) is 17.2. The number of carbonyl (C=O) groups is 1. The smallest absolute Gasteiger partial charge is 0.231 e. The van der Waals surface area contributed by atoms with Crippen molar-refractivity contribution in [2.75, 3.05) is 12.1 Å². The fourth-order valence-corrected chi connectivity index (χ4v) is 3.34. The molecule has 10 heteroatoms. The molecule has 4 heterocycles. The van der Waals surface area contributed by atoms with Crippen LogP contribution < -0.4 is 20.1 Å². The second kappa shape index (κ2) is 8.88. The number of ether oxygens (including phenoxy) is 2. The summed E-state index contributed by atoms with van der Waals surface area (Å²) < 4.78 is 12.4. The maximum atomic E-state index is 12.2. The number of nitrogens with zero attached hydrogens (tertiary/aromatic N) is 5. The summed E-state index contributed by atoms with van der Waals surface area (Å²) in [5.41, 5.74) is 2.63. The van der Waals surface area contributed by atoms with Crippen LogP contribution in [0.1, 0.15) is 23.4 Å². The normalized spacial score (nSPS) is 12.1. The van der Waals surface area contributed by atoms with Crippen LogP contribution in [0.3, 0.4) is 0 Å². The van der Waals surface area contributed by atoms with Crippen LogP contribution in [-0.2, 0) is 24.3 Å². The fourth-order valence-electron chi connectivity index (χ4n) is 3.34. The number of hydrogen-bond acceptors (Lipinski definition) is 8. The van der Waals surface area contributed by atoms with Gasteiger partial charge in [-0.05, 0) is 41.5 Å². The van der Waals surface area contributed by atoms with Gasteiger partial charge in [0.25, 0.3) is 0 Å². The highest BCUT2D eigenvalue weighted by Gasteiger charge is 2.14. The Balaban J connectivity index is 1.19. The first-order chi connectivity index (χ1) is 15.7. The van der Waals surface area contributed by atoms with Gasteiger partial charge in [-0.3, -0.25) is 9.78 Å². The number of nitrogens with one attached hydrogen (secondary N) is 2. The maximum absolute atomic E-state index is 12.2. The molecule has 162 valence electrons. The summed E-state index contributed by atoms with van der Waals surface area (Å²) in [5, 5.41) is 19.1. The number of amides is 1. The predicted molar refractivity (Wildman–Crippen MR) is 115 cm³/mol. The molecular weight excluding hydrogens is 410 g/mol. The van der Waals surface area contributed by atoms with Crippen LogP contribution in [0.2, 0.25) is 0 Å². The van der Waals surface area contributed by atoms with Crippen molar-refractivity contribution in [1.29, 1.82) is 0 Å². The number of fused-ring (bicyclic) bond motifs is 2. The van der Waals surface area contributed by atoms with Gasteiger partial charge in [0, 0.05) is 38.3 Å². The van der Waals surface area contributed by atoms with Gasteiger partial charge in [-0.1, -0.05) is 12.1 Å². The molecule has 0 saturated carbocycles. The minimum absolute atomic E-state index is 0.0670. The van der Waals surface area contributed by atoms with Crippen molar-refractivity contribution in [1.82, 2.24) is 30.1 Å². The summed E-state index contributed by atoms with van der Waals surface area (Å²) in [6.45, 7) is 1.27. The lowest BCUT2D eigenvalue weighted by Crippen LogP contribution is -2.23. The van der Waals surface area contributed by atoms with Gasteiger partial charge in [0.2, 0.25) is 12.7 Å². The Morgan fingerprint density at radius 3 is 2.88 bits per heavy atom. The molecule has 0 aliphatic carbocycles. The largest absolute Gasteiger partial charge is 0.454 e. The monoisotopic (exact) mass is 431 g/mol. The van der Waals surface area contributed by atoms with Crippen LogP contribution in [0.5, 0.6) is 11.5 Å². The molecular formula is C22H21N7O3. The highest BCUT2D eigenvalue weighted by atomic mass is 16.7. The Labute approximate surface area is 183 Å². The molecule has 0 unspecified atom stereocenters. The van der Waals surface area contributed by atoms with Crippen LogP contribution >= 0.6 is 0 Å². The zero-order chi connectivity index (χ0) is 21.8. The quantitative estimate of drug-likeness (QED) is 0.436. The molecule has 1 aromatic carbocycles. The minimum Gasteiger partial charge on any atom is -0.454 e. The van der Waals surface area contributed by atoms with Gasteiger partial charge in [-0.25, -0.2) is 0 Å². The van der Waals surface area contributed by atoms with E-state index in [1.807, 2.05) is 42.5 Å². The third kappa shape index (κ3) is 4.43. The SMILES string of the molecule is O=C(CCc1nnc2ccc(NCc3ccc4c(c3)OCO4)nn12)NCc1cccnc1. The van der Waals surface area contributed by atoms with E-state index in [9.17, 15) is 4.79 Å². The Morgan fingerprint density at radius 1 is 1.03 bits per heavy atom. The number of aromatic nitrogens is 5. The standard InChI is InChI=1S/C22H21N7O3/c30-22(25-13-16-2-1-9-23-11-16)8-7-21-27-26-20-6-5-19(28-29(20)21)24-12-15-3-4-17-18(10-15)32-14-31-17/h1-6,9-11H,7-8,12-14H2,(H,24,28)(H,25,30). The summed E-state index contributed by atoms with van der Waals surface area (Å²) in [7, 11) is 0. The molecule has 1 aliphatic rings. The highest BCUT2D eigenvalue weighted by Crippen LogP contribution is 2.32. The Morgan fingerprint density at radius 2 is 1.97 bits per heavy atom. The van der Waals surface area contributed by atoms with Crippen molar-refractivity contribution >= 4 is 17.4 Å². The van der Waals surface area contributed by atoms with Crippen LogP contribution in [0.15, 0.2) is 54.9 Å². The summed E-state index contributed by atoms with van der Waals surface area (Å²) >= 11 is 0. The number of anilines is 1. The maximum Gasteiger partial charge on any atom is 0.231 e. The molecule has 32 heavy (non-hydrogen) atoms. The molecule has 0 spiro atoms. The number of hydrogen-bond donors (Lipinski definition) is 2. The third-order valence-electron chi connectivity index (χ3n) is 5.03. The molecule has 1 amide bonds. The van der Waals surface area contributed by atoms with Crippen molar-refractivity contribution in [3.05, 3.63) is 71.8 Å². The van der Waals surface area contributed by atoms with Crippen LogP contribution in [0, 0.1) is 0 Å². The second-order valence-corrected chi connectivity index (χ2v) is 7.28. The summed E-state index contributed by atoms with van der Waals surface area (Å²) in [4.78, 5) is 16.3. The third-order valence-corrected chi connectivity index (χ3v) is 5.03. The first-order valence-electron chi connectivity index (χ1n) is 10.2. The van der Waals surface area contributed by atoms with Gasteiger partial charge in [0.15, 0.2) is 23.0 Å². The molecule has 0 atom stereocenters. The van der Waals surface area contributed by atoms with Gasteiger partial charge in [0.05, 0.1) is 0 Å². The number of carbonyl (C=O) groups excluding carboxylic acids is 1. The van der Waals surface area contributed by atoms with E-state index in [0.717, 1.165) is 22.6 Å². The molecule has 10 nitrogen and oxygen atoms in total. The van der Waals surface area contributed by atoms with E-state index in [4.69, 9.17) is 9.47 Å². The zero-order valence-electron chi connectivity index (χ0n) is 17.2. The average Bonchev–Trinajstić information content (AvgIpc) is 3.47. The van der Waals surface area contributed by atoms with Crippen molar-refractivity contribution in [2.24, 2.45) is 0 Å². The van der Waals surface area contributed by atoms with Crippen molar-refractivity contribution in [3.8, 4) is 11.5 Å². The topological polar surface area (TPSA) is 116 Å². The summed E-state index contributed by atoms with van der Waals surface area (Å²) in [5.74, 6) is 2.74.